The van der Waals surface area contributed by atoms with E-state index in [1.54, 1.807) is 18.7 Å². The van der Waals surface area contributed by atoms with Crippen molar-refractivity contribution in [1.82, 2.24) is 10.2 Å². The number of anilines is 1. The fourth-order valence-corrected chi connectivity index (χ4v) is 1.58. The Morgan fingerprint density at radius 3 is 2.50 bits per heavy atom. The summed E-state index contributed by atoms with van der Waals surface area (Å²) in [7, 11) is 0. The van der Waals surface area contributed by atoms with Crippen molar-refractivity contribution in [1.29, 1.82) is 5.26 Å². The van der Waals surface area contributed by atoms with E-state index < -0.39 is 5.97 Å². The molecule has 0 amide bonds. The summed E-state index contributed by atoms with van der Waals surface area (Å²) in [5, 5.41) is 26.0. The Morgan fingerprint density at radius 2 is 2.06 bits per heavy atom. The van der Waals surface area contributed by atoms with Gasteiger partial charge in [0.1, 0.15) is 18.2 Å². The van der Waals surface area contributed by atoms with Gasteiger partial charge in [0, 0.05) is 6.04 Å². The summed E-state index contributed by atoms with van der Waals surface area (Å²) < 4.78 is 0. The molecule has 0 radical (unpaired) electrons. The molecule has 96 valence electrons. The minimum absolute atomic E-state index is 0.0791. The predicted octanol–water partition coefficient (Wildman–Crippen LogP) is 1.26. The monoisotopic (exact) mass is 248 g/mol. The van der Waals surface area contributed by atoms with Crippen LogP contribution < -0.4 is 4.90 Å². The van der Waals surface area contributed by atoms with Gasteiger partial charge < -0.3 is 10.0 Å². The number of hydrogen-bond acceptors (Lipinski definition) is 5. The quantitative estimate of drug-likeness (QED) is 0.862. The molecule has 0 fully saturated rings. The van der Waals surface area contributed by atoms with Crippen molar-refractivity contribution in [2.24, 2.45) is 0 Å². The van der Waals surface area contributed by atoms with Crippen molar-refractivity contribution in [3.8, 4) is 6.07 Å². The normalized spacial score (nSPS) is 10.2. The number of aryl methyl sites for hydroxylation is 1. The highest BCUT2D eigenvalue weighted by Crippen LogP contribution is 2.22. The first-order chi connectivity index (χ1) is 8.38. The molecule has 0 atom stereocenters. The lowest BCUT2D eigenvalue weighted by atomic mass is 10.1. The van der Waals surface area contributed by atoms with Crippen LogP contribution in [0.2, 0.25) is 0 Å². The van der Waals surface area contributed by atoms with Crippen molar-refractivity contribution in [2.45, 2.75) is 33.7 Å². The molecule has 0 aromatic carbocycles. The van der Waals surface area contributed by atoms with Gasteiger partial charge >= 0.3 is 5.97 Å². The Labute approximate surface area is 106 Å². The van der Waals surface area contributed by atoms with Gasteiger partial charge in [-0.05, 0) is 33.3 Å². The van der Waals surface area contributed by atoms with Crippen LogP contribution in [0.3, 0.4) is 0 Å². The van der Waals surface area contributed by atoms with E-state index in [0.29, 0.717) is 17.1 Å². The van der Waals surface area contributed by atoms with Crippen LogP contribution in [0.25, 0.3) is 0 Å². The zero-order chi connectivity index (χ0) is 13.9. The predicted molar refractivity (Wildman–Crippen MR) is 66.3 cm³/mol. The van der Waals surface area contributed by atoms with Gasteiger partial charge in [0.05, 0.1) is 5.69 Å². The minimum atomic E-state index is -0.965. The van der Waals surface area contributed by atoms with Gasteiger partial charge in [0.2, 0.25) is 0 Å². The van der Waals surface area contributed by atoms with Crippen LogP contribution in [-0.4, -0.2) is 33.9 Å². The van der Waals surface area contributed by atoms with Crippen LogP contribution in [0.1, 0.15) is 30.7 Å². The van der Waals surface area contributed by atoms with Gasteiger partial charge in [-0.3, -0.25) is 4.79 Å². The molecule has 1 heterocycles. The molecule has 1 rings (SSSR count). The number of aromatic nitrogens is 2. The maximum absolute atomic E-state index is 10.9. The Bertz CT molecular complexity index is 506. The van der Waals surface area contributed by atoms with Gasteiger partial charge in [0.15, 0.2) is 5.82 Å². The molecule has 1 aromatic heterocycles. The third kappa shape index (κ3) is 2.74. The third-order valence-corrected chi connectivity index (χ3v) is 2.75. The first kappa shape index (κ1) is 13.9. The molecular formula is C12H16N4O2. The second-order valence-corrected chi connectivity index (χ2v) is 4.34. The van der Waals surface area contributed by atoms with E-state index in [0.717, 1.165) is 5.56 Å². The fraction of sp³-hybridized carbons (Fsp3) is 0.500. The smallest absolute Gasteiger partial charge is 0.323 e. The van der Waals surface area contributed by atoms with E-state index in [1.165, 1.54) is 0 Å². The average molecular weight is 248 g/mol. The van der Waals surface area contributed by atoms with Gasteiger partial charge in [-0.1, -0.05) is 0 Å². The van der Waals surface area contributed by atoms with E-state index >= 15 is 0 Å². The van der Waals surface area contributed by atoms with Crippen LogP contribution in [0, 0.1) is 25.2 Å². The molecule has 6 nitrogen and oxygen atoms in total. The van der Waals surface area contributed by atoms with Gasteiger partial charge in [-0.15, -0.1) is 5.10 Å². The number of hydrogen-bond donors (Lipinski definition) is 1. The van der Waals surface area contributed by atoms with Gasteiger partial charge in [-0.2, -0.15) is 10.4 Å². The van der Waals surface area contributed by atoms with Crippen LogP contribution in [0.15, 0.2) is 0 Å². The van der Waals surface area contributed by atoms with Crippen LogP contribution in [0.4, 0.5) is 5.82 Å². The molecule has 0 unspecified atom stereocenters. The molecule has 0 saturated heterocycles. The van der Waals surface area contributed by atoms with E-state index in [-0.39, 0.29) is 12.6 Å². The van der Waals surface area contributed by atoms with E-state index in [9.17, 15) is 10.1 Å². The number of nitrogens with zero attached hydrogens (tertiary/aromatic N) is 4. The van der Waals surface area contributed by atoms with Crippen LogP contribution in [-0.2, 0) is 4.79 Å². The Morgan fingerprint density at radius 1 is 1.44 bits per heavy atom. The molecule has 18 heavy (non-hydrogen) atoms. The summed E-state index contributed by atoms with van der Waals surface area (Å²) in [4.78, 5) is 12.4. The Hall–Kier alpha value is -2.16. The van der Waals surface area contributed by atoms with Crippen molar-refractivity contribution in [3.63, 3.8) is 0 Å². The molecule has 1 aromatic rings. The Balaban J connectivity index is 3.33. The number of rotatable bonds is 4. The summed E-state index contributed by atoms with van der Waals surface area (Å²) in [5.74, 6) is -0.634. The average Bonchev–Trinajstić information content (AvgIpc) is 2.29. The summed E-state index contributed by atoms with van der Waals surface area (Å²) >= 11 is 0. The highest BCUT2D eigenvalue weighted by molar-refractivity contribution is 5.74. The second kappa shape index (κ2) is 5.45. The van der Waals surface area contributed by atoms with Crippen molar-refractivity contribution >= 4 is 11.8 Å². The zero-order valence-corrected chi connectivity index (χ0v) is 10.9. The SMILES string of the molecule is Cc1nnc(N(CC(=O)O)C(C)C)c(C#N)c1C. The first-order valence-corrected chi connectivity index (χ1v) is 5.60. The summed E-state index contributed by atoms with van der Waals surface area (Å²) in [6, 6.07) is 2.00. The summed E-state index contributed by atoms with van der Waals surface area (Å²) in [5.41, 5.74) is 1.80. The standard InChI is InChI=1S/C12H16N4O2/c1-7(2)16(6-11(17)18)12-10(5-13)8(3)9(4)14-15-12/h7H,6H2,1-4H3,(H,17,18). The van der Waals surface area contributed by atoms with Crippen molar-refractivity contribution in [3.05, 3.63) is 16.8 Å². The Kier molecular flexibility index (Phi) is 4.21. The second-order valence-electron chi connectivity index (χ2n) is 4.34. The lowest BCUT2D eigenvalue weighted by molar-refractivity contribution is -0.135. The maximum Gasteiger partial charge on any atom is 0.323 e. The number of carboxylic acid groups (broad SMARTS) is 1. The van der Waals surface area contributed by atoms with Gasteiger partial charge in [0.25, 0.3) is 0 Å². The summed E-state index contributed by atoms with van der Waals surface area (Å²) in [6.45, 7) is 7.04. The van der Waals surface area contributed by atoms with Crippen LogP contribution >= 0.6 is 0 Å². The van der Waals surface area contributed by atoms with E-state index in [1.807, 2.05) is 13.8 Å². The highest BCUT2D eigenvalue weighted by Gasteiger charge is 2.21. The number of carboxylic acids is 1. The number of carbonyl (C=O) groups is 1. The topological polar surface area (TPSA) is 90.1 Å². The molecule has 0 aliphatic rings. The van der Waals surface area contributed by atoms with Crippen molar-refractivity contribution in [2.75, 3.05) is 11.4 Å². The molecule has 0 spiro atoms. The van der Waals surface area contributed by atoms with E-state index in [4.69, 9.17) is 5.11 Å². The lowest BCUT2D eigenvalue weighted by Crippen LogP contribution is -2.37. The van der Waals surface area contributed by atoms with Gasteiger partial charge in [-0.25, -0.2) is 0 Å². The molecular weight excluding hydrogens is 232 g/mol. The third-order valence-electron chi connectivity index (χ3n) is 2.75. The largest absolute Gasteiger partial charge is 0.480 e. The zero-order valence-electron chi connectivity index (χ0n) is 10.9. The fourth-order valence-electron chi connectivity index (χ4n) is 1.58. The molecule has 0 aliphatic heterocycles. The highest BCUT2D eigenvalue weighted by atomic mass is 16.4. The summed E-state index contributed by atoms with van der Waals surface area (Å²) in [6.07, 6.45) is 0. The van der Waals surface area contributed by atoms with E-state index in [2.05, 4.69) is 16.3 Å². The minimum Gasteiger partial charge on any atom is -0.480 e. The number of nitriles is 1. The molecule has 0 aliphatic carbocycles. The van der Waals surface area contributed by atoms with Crippen LogP contribution in [0.5, 0.6) is 0 Å². The molecule has 0 saturated carbocycles. The molecule has 0 bridgehead atoms. The number of aliphatic carboxylic acids is 1. The lowest BCUT2D eigenvalue weighted by Gasteiger charge is -2.26. The molecule has 6 heteroatoms. The maximum atomic E-state index is 10.9. The van der Waals surface area contributed by atoms with Crippen molar-refractivity contribution < 1.29 is 9.90 Å². The first-order valence-electron chi connectivity index (χ1n) is 5.60. The molecule has 1 N–H and O–H groups in total.